The van der Waals surface area contributed by atoms with Crippen LogP contribution in [-0.2, 0) is 0 Å². The number of hydrogen-bond acceptors (Lipinski definition) is 4. The van der Waals surface area contributed by atoms with E-state index in [-0.39, 0.29) is 12.2 Å². The molecule has 4 nitrogen and oxygen atoms in total. The Bertz CT molecular complexity index is 2920. The van der Waals surface area contributed by atoms with E-state index in [0.717, 1.165) is 63.6 Å². The molecule has 0 fully saturated rings. The van der Waals surface area contributed by atoms with Crippen molar-refractivity contribution >= 4 is 11.3 Å². The van der Waals surface area contributed by atoms with Crippen molar-refractivity contribution in [1.29, 1.82) is 0 Å². The van der Waals surface area contributed by atoms with Crippen molar-refractivity contribution in [2.75, 3.05) is 0 Å². The number of nitrogens with zero attached hydrogens (tertiary/aromatic N) is 2. The summed E-state index contributed by atoms with van der Waals surface area (Å²) in [5, 5.41) is 7.71. The topological polar surface area (TPSA) is 49.8 Å². The first kappa shape index (κ1) is 42.9. The highest BCUT2D eigenvalue weighted by molar-refractivity contribution is 5.81. The van der Waals surface area contributed by atoms with Gasteiger partial charge in [0.2, 0.25) is 0 Å². The van der Waals surface area contributed by atoms with Gasteiger partial charge < -0.3 is 5.32 Å². The third-order valence-electron chi connectivity index (χ3n) is 12.4. The highest BCUT2D eigenvalue weighted by atomic mass is 15.2. The molecule has 2 aliphatic rings. The largest absolute Gasteiger partial charge is 0.366 e. The molecule has 7 aromatic carbocycles. The number of aryl methyl sites for hydroxylation is 2. The maximum atomic E-state index is 5.27. The molecule has 0 spiro atoms. The van der Waals surface area contributed by atoms with E-state index in [1.54, 1.807) is 0 Å². The first-order chi connectivity index (χ1) is 31.9. The quantitative estimate of drug-likeness (QED) is 0.152. The molecule has 2 unspecified atom stereocenters. The number of hydrogen-bond donors (Lipinski definition) is 2. The number of rotatable bonds is 9. The van der Waals surface area contributed by atoms with Gasteiger partial charge >= 0.3 is 0 Å². The lowest BCUT2D eigenvalue weighted by Crippen LogP contribution is -2.39. The van der Waals surface area contributed by atoms with E-state index in [1.807, 2.05) is 6.07 Å². The van der Waals surface area contributed by atoms with Crippen molar-refractivity contribution in [3.63, 3.8) is 0 Å². The van der Waals surface area contributed by atoms with Crippen LogP contribution in [0.15, 0.2) is 212 Å². The molecule has 65 heavy (non-hydrogen) atoms. The molecule has 2 heterocycles. The Labute approximate surface area is 385 Å². The fraction of sp³-hybridized carbons (Fsp3) is 0.148. The molecule has 2 atom stereocenters. The van der Waals surface area contributed by atoms with Crippen LogP contribution in [0.2, 0.25) is 0 Å². The minimum absolute atomic E-state index is 0.0201. The molecule has 10 rings (SSSR count). The third-order valence-corrected chi connectivity index (χ3v) is 12.4. The van der Waals surface area contributed by atoms with Crippen LogP contribution >= 0.6 is 0 Å². The lowest BCUT2D eigenvalue weighted by Gasteiger charge is -2.33. The molecular weight excluding hydrogens is 789 g/mol. The summed E-state index contributed by atoms with van der Waals surface area (Å²) in [6.07, 6.45) is 10.6. The molecule has 1 aliphatic carbocycles. The van der Waals surface area contributed by atoms with Crippen molar-refractivity contribution in [3.8, 4) is 44.8 Å². The van der Waals surface area contributed by atoms with Crippen LogP contribution in [0.4, 0.5) is 0 Å². The van der Waals surface area contributed by atoms with Crippen LogP contribution in [0.1, 0.15) is 84.0 Å². The molecule has 320 valence electrons. The predicted octanol–water partition coefficient (Wildman–Crippen LogP) is 15.3. The summed E-state index contributed by atoms with van der Waals surface area (Å²) in [7, 11) is 0. The average molecular weight is 845 g/mol. The third kappa shape index (κ3) is 10.2. The van der Waals surface area contributed by atoms with Crippen LogP contribution in [-0.4, -0.2) is 9.97 Å². The van der Waals surface area contributed by atoms with Crippen molar-refractivity contribution in [1.82, 2.24) is 20.6 Å². The SMILES string of the molecule is CC(C)c1ccc(-c2cc(C3=CC(c4ccccc4)NC(c4ccccc4)N3)cc(-c3cc(-c4ccccc4)nc(C4=CC=CCC4)n3)c2)cc1.Cc1ccccc1-c1ccccc1C. The molecule has 1 aromatic heterocycles. The number of nitrogens with one attached hydrogen (secondary N) is 2. The van der Waals surface area contributed by atoms with Crippen molar-refractivity contribution < 1.29 is 0 Å². The molecule has 0 bridgehead atoms. The Hall–Kier alpha value is -7.40. The molecule has 0 saturated heterocycles. The first-order valence-corrected chi connectivity index (χ1v) is 22.9. The van der Waals surface area contributed by atoms with Gasteiger partial charge in [0.1, 0.15) is 6.17 Å². The van der Waals surface area contributed by atoms with Crippen molar-refractivity contribution in [2.24, 2.45) is 0 Å². The van der Waals surface area contributed by atoms with E-state index in [1.165, 1.54) is 44.5 Å². The van der Waals surface area contributed by atoms with Crippen molar-refractivity contribution in [3.05, 3.63) is 252 Å². The second-order valence-corrected chi connectivity index (χ2v) is 17.3. The minimum atomic E-state index is -0.0736. The van der Waals surface area contributed by atoms with Gasteiger partial charge in [0.15, 0.2) is 5.82 Å². The zero-order valence-electron chi connectivity index (χ0n) is 37.7. The fourth-order valence-electron chi connectivity index (χ4n) is 8.69. The van der Waals surface area contributed by atoms with Crippen molar-refractivity contribution in [2.45, 2.75) is 58.7 Å². The molecular formula is C61H56N4. The van der Waals surface area contributed by atoms with Gasteiger partial charge in [0.05, 0.1) is 17.4 Å². The zero-order chi connectivity index (χ0) is 44.5. The second kappa shape index (κ2) is 20.0. The second-order valence-electron chi connectivity index (χ2n) is 17.3. The van der Waals surface area contributed by atoms with E-state index in [4.69, 9.17) is 9.97 Å². The van der Waals surface area contributed by atoms with Gasteiger partial charge in [-0.25, -0.2) is 9.97 Å². The summed E-state index contributed by atoms with van der Waals surface area (Å²) < 4.78 is 0. The van der Waals surface area contributed by atoms with Gasteiger partial charge in [-0.3, -0.25) is 5.32 Å². The molecule has 0 radical (unpaired) electrons. The van der Waals surface area contributed by atoms with Gasteiger partial charge in [-0.15, -0.1) is 0 Å². The first-order valence-electron chi connectivity index (χ1n) is 22.9. The highest BCUT2D eigenvalue weighted by Gasteiger charge is 2.25. The van der Waals surface area contributed by atoms with E-state index in [2.05, 4.69) is 245 Å². The van der Waals surface area contributed by atoms with Crippen LogP contribution in [0.5, 0.6) is 0 Å². The Kier molecular flexibility index (Phi) is 13.2. The van der Waals surface area contributed by atoms with Gasteiger partial charge in [0.25, 0.3) is 0 Å². The van der Waals surface area contributed by atoms with Crippen LogP contribution in [0, 0.1) is 13.8 Å². The monoisotopic (exact) mass is 844 g/mol. The Morgan fingerprint density at radius 3 is 1.68 bits per heavy atom. The predicted molar refractivity (Wildman–Crippen MR) is 273 cm³/mol. The highest BCUT2D eigenvalue weighted by Crippen LogP contribution is 2.37. The van der Waals surface area contributed by atoms with Crippen LogP contribution in [0.25, 0.3) is 56.0 Å². The van der Waals surface area contributed by atoms with Gasteiger partial charge in [0, 0.05) is 16.8 Å². The summed E-state index contributed by atoms with van der Waals surface area (Å²) in [5.41, 5.74) is 18.7. The molecule has 0 saturated carbocycles. The van der Waals surface area contributed by atoms with E-state index in [0.29, 0.717) is 5.92 Å². The Morgan fingerprint density at radius 1 is 0.523 bits per heavy atom. The number of aromatic nitrogens is 2. The van der Waals surface area contributed by atoms with Crippen LogP contribution in [0.3, 0.4) is 0 Å². The molecule has 4 heteroatoms. The van der Waals surface area contributed by atoms with Gasteiger partial charge in [-0.1, -0.05) is 196 Å². The molecule has 0 amide bonds. The minimum Gasteiger partial charge on any atom is -0.366 e. The lowest BCUT2D eigenvalue weighted by molar-refractivity contribution is 0.442. The Balaban J connectivity index is 0.000000324. The lowest BCUT2D eigenvalue weighted by atomic mass is 9.92. The smallest absolute Gasteiger partial charge is 0.156 e. The summed E-state index contributed by atoms with van der Waals surface area (Å²) in [4.78, 5) is 10.4. The maximum Gasteiger partial charge on any atom is 0.156 e. The normalized spacial score (nSPS) is 15.6. The fourth-order valence-corrected chi connectivity index (χ4v) is 8.69. The van der Waals surface area contributed by atoms with E-state index in [9.17, 15) is 0 Å². The average Bonchev–Trinajstić information content (AvgIpc) is 3.37. The molecule has 1 aliphatic heterocycles. The summed E-state index contributed by atoms with van der Waals surface area (Å²) in [5.74, 6) is 1.26. The molecule has 8 aromatic rings. The molecule has 2 N–H and O–H groups in total. The summed E-state index contributed by atoms with van der Waals surface area (Å²) in [6.45, 7) is 8.79. The summed E-state index contributed by atoms with van der Waals surface area (Å²) >= 11 is 0. The standard InChI is InChI=1S/C47H42N4.C14H14/c1-32(2)33-23-25-34(26-24-33)39-27-40(44-30-42(35-15-7-3-8-16-35)48-46(50-44)37-19-11-5-12-20-37)29-41(28-39)45-31-43(36-17-9-4-10-18-36)49-47(51-45)38-21-13-6-14-22-38;1-11-7-3-5-9-13(11)14-10-6-4-8-12(14)2/h3-13,15-21,23-32,42,46,48,50H,14,22H2,1-2H3;3-10H,1-2H3. The number of benzene rings is 7. The van der Waals surface area contributed by atoms with E-state index >= 15 is 0 Å². The number of allylic oxidation sites excluding steroid dienone is 4. The zero-order valence-corrected chi connectivity index (χ0v) is 37.7. The van der Waals surface area contributed by atoms with Crippen LogP contribution < -0.4 is 10.6 Å². The van der Waals surface area contributed by atoms with Gasteiger partial charge in [-0.05, 0) is 124 Å². The Morgan fingerprint density at radius 2 is 1.08 bits per heavy atom. The maximum absolute atomic E-state index is 5.27. The van der Waals surface area contributed by atoms with Gasteiger partial charge in [-0.2, -0.15) is 0 Å². The summed E-state index contributed by atoms with van der Waals surface area (Å²) in [6, 6.07) is 66.8. The van der Waals surface area contributed by atoms with E-state index < -0.39 is 0 Å².